The number of carboxylic acid groups (broad SMARTS) is 1. The fraction of sp³-hybridized carbons (Fsp3) is 0.600. The Hall–Kier alpha value is -1.36. The summed E-state index contributed by atoms with van der Waals surface area (Å²) in [6.45, 7) is 7.99. The summed E-state index contributed by atoms with van der Waals surface area (Å²) in [5.41, 5.74) is 1.21. The van der Waals surface area contributed by atoms with Crippen LogP contribution in [0.4, 0.5) is 0 Å². The van der Waals surface area contributed by atoms with Crippen molar-refractivity contribution < 1.29 is 14.7 Å². The van der Waals surface area contributed by atoms with Gasteiger partial charge in [0.1, 0.15) is 0 Å². The van der Waals surface area contributed by atoms with Gasteiger partial charge < -0.3 is 10.4 Å². The lowest BCUT2D eigenvalue weighted by atomic mass is 9.96. The molecule has 0 aliphatic carbocycles. The first-order valence-corrected chi connectivity index (χ1v) is 7.78. The minimum atomic E-state index is -0.866. The van der Waals surface area contributed by atoms with Gasteiger partial charge in [0.15, 0.2) is 0 Å². The van der Waals surface area contributed by atoms with Crippen molar-refractivity contribution >= 4 is 23.2 Å². The second kappa shape index (κ2) is 7.43. The number of carboxylic acids is 1. The SMILES string of the molecule is CCCc1cc(C(=O)NCC(C(=O)O)C(C)C)sc1C. The molecule has 112 valence electrons. The van der Waals surface area contributed by atoms with Gasteiger partial charge in [0, 0.05) is 11.4 Å². The Morgan fingerprint density at radius 3 is 2.55 bits per heavy atom. The van der Waals surface area contributed by atoms with E-state index in [1.165, 1.54) is 16.9 Å². The molecule has 0 fully saturated rings. The Labute approximate surface area is 124 Å². The number of nitrogens with one attached hydrogen (secondary N) is 1. The highest BCUT2D eigenvalue weighted by atomic mass is 32.1. The molecule has 1 aromatic heterocycles. The van der Waals surface area contributed by atoms with Gasteiger partial charge >= 0.3 is 5.97 Å². The smallest absolute Gasteiger partial charge is 0.308 e. The zero-order valence-electron chi connectivity index (χ0n) is 12.5. The van der Waals surface area contributed by atoms with Crippen LogP contribution in [0, 0.1) is 18.8 Å². The quantitative estimate of drug-likeness (QED) is 0.812. The van der Waals surface area contributed by atoms with Gasteiger partial charge in [0.05, 0.1) is 10.8 Å². The molecular weight excluding hydrogens is 274 g/mol. The van der Waals surface area contributed by atoms with E-state index in [0.29, 0.717) is 4.88 Å². The second-order valence-corrected chi connectivity index (χ2v) is 6.60. The lowest BCUT2D eigenvalue weighted by Gasteiger charge is -2.16. The third-order valence-corrected chi connectivity index (χ3v) is 4.46. The summed E-state index contributed by atoms with van der Waals surface area (Å²) in [6.07, 6.45) is 2.02. The first-order chi connectivity index (χ1) is 9.36. The van der Waals surface area contributed by atoms with E-state index in [-0.39, 0.29) is 18.4 Å². The van der Waals surface area contributed by atoms with E-state index in [1.807, 2.05) is 26.8 Å². The highest BCUT2D eigenvalue weighted by molar-refractivity contribution is 7.14. The number of carbonyl (C=O) groups is 2. The molecule has 4 nitrogen and oxygen atoms in total. The van der Waals surface area contributed by atoms with Crippen molar-refractivity contribution in [2.24, 2.45) is 11.8 Å². The highest BCUT2D eigenvalue weighted by Crippen LogP contribution is 2.23. The number of hydrogen-bond acceptors (Lipinski definition) is 3. The average molecular weight is 297 g/mol. The first kappa shape index (κ1) is 16.7. The van der Waals surface area contributed by atoms with E-state index >= 15 is 0 Å². The van der Waals surface area contributed by atoms with Gasteiger partial charge in [-0.1, -0.05) is 27.2 Å². The van der Waals surface area contributed by atoms with Crippen molar-refractivity contribution in [2.75, 3.05) is 6.54 Å². The van der Waals surface area contributed by atoms with Crippen molar-refractivity contribution in [3.63, 3.8) is 0 Å². The number of rotatable bonds is 7. The van der Waals surface area contributed by atoms with Crippen LogP contribution in [0.5, 0.6) is 0 Å². The topological polar surface area (TPSA) is 66.4 Å². The summed E-state index contributed by atoms with van der Waals surface area (Å²) < 4.78 is 0. The second-order valence-electron chi connectivity index (χ2n) is 5.34. The maximum Gasteiger partial charge on any atom is 0.308 e. The minimum Gasteiger partial charge on any atom is -0.481 e. The van der Waals surface area contributed by atoms with Gasteiger partial charge in [0.25, 0.3) is 5.91 Å². The Morgan fingerprint density at radius 1 is 1.40 bits per heavy atom. The highest BCUT2D eigenvalue weighted by Gasteiger charge is 2.22. The van der Waals surface area contributed by atoms with E-state index < -0.39 is 11.9 Å². The Morgan fingerprint density at radius 2 is 2.05 bits per heavy atom. The van der Waals surface area contributed by atoms with Crippen LogP contribution in [0.3, 0.4) is 0 Å². The molecule has 0 spiro atoms. The molecular formula is C15H23NO3S. The predicted molar refractivity (Wildman–Crippen MR) is 81.3 cm³/mol. The summed E-state index contributed by atoms with van der Waals surface area (Å²) >= 11 is 1.47. The van der Waals surface area contributed by atoms with Crippen LogP contribution in [0.2, 0.25) is 0 Å². The normalized spacial score (nSPS) is 12.4. The molecule has 0 aliphatic heterocycles. The molecule has 2 N–H and O–H groups in total. The molecule has 1 heterocycles. The van der Waals surface area contributed by atoms with Crippen LogP contribution in [-0.2, 0) is 11.2 Å². The molecule has 20 heavy (non-hydrogen) atoms. The van der Waals surface area contributed by atoms with Crippen LogP contribution >= 0.6 is 11.3 Å². The van der Waals surface area contributed by atoms with Crippen LogP contribution in [0.15, 0.2) is 6.07 Å². The van der Waals surface area contributed by atoms with Crippen LogP contribution in [0.25, 0.3) is 0 Å². The van der Waals surface area contributed by atoms with Crippen molar-refractivity contribution in [1.29, 1.82) is 0 Å². The van der Waals surface area contributed by atoms with Gasteiger partial charge in [-0.2, -0.15) is 0 Å². The Balaban J connectivity index is 2.67. The van der Waals surface area contributed by atoms with Crippen LogP contribution < -0.4 is 5.32 Å². The summed E-state index contributed by atoms with van der Waals surface area (Å²) in [5.74, 6) is -1.59. The van der Waals surface area contributed by atoms with Gasteiger partial charge in [0.2, 0.25) is 0 Å². The third kappa shape index (κ3) is 4.34. The van der Waals surface area contributed by atoms with E-state index in [2.05, 4.69) is 12.2 Å². The van der Waals surface area contributed by atoms with E-state index in [1.54, 1.807) is 0 Å². The number of hydrogen-bond donors (Lipinski definition) is 2. The maximum absolute atomic E-state index is 12.1. The zero-order chi connectivity index (χ0) is 15.3. The van der Waals surface area contributed by atoms with Crippen molar-refractivity contribution in [2.45, 2.75) is 40.5 Å². The lowest BCUT2D eigenvalue weighted by Crippen LogP contribution is -2.35. The number of carbonyl (C=O) groups excluding carboxylic acids is 1. The third-order valence-electron chi connectivity index (χ3n) is 3.37. The fourth-order valence-electron chi connectivity index (χ4n) is 2.05. The maximum atomic E-state index is 12.1. The molecule has 0 bridgehead atoms. The summed E-state index contributed by atoms with van der Waals surface area (Å²) in [6, 6.07) is 1.92. The fourth-order valence-corrected chi connectivity index (χ4v) is 3.04. The van der Waals surface area contributed by atoms with E-state index in [4.69, 9.17) is 5.11 Å². The van der Waals surface area contributed by atoms with Crippen LogP contribution in [-0.4, -0.2) is 23.5 Å². The number of aryl methyl sites for hydroxylation is 2. The molecule has 0 saturated heterocycles. The summed E-state index contributed by atoms with van der Waals surface area (Å²) in [5, 5.41) is 11.8. The van der Waals surface area contributed by atoms with Gasteiger partial charge in [-0.15, -0.1) is 11.3 Å². The van der Waals surface area contributed by atoms with Gasteiger partial charge in [-0.25, -0.2) is 0 Å². The zero-order valence-corrected chi connectivity index (χ0v) is 13.3. The number of aliphatic carboxylic acids is 1. The first-order valence-electron chi connectivity index (χ1n) is 6.97. The predicted octanol–water partition coefficient (Wildman–Crippen LogP) is 3.10. The standard InChI is InChI=1S/C15H23NO3S/c1-5-6-11-7-13(20-10(11)4)14(17)16-8-12(9(2)3)15(18)19/h7,9,12H,5-6,8H2,1-4H3,(H,16,17)(H,18,19). The molecule has 5 heteroatoms. The molecule has 1 rings (SSSR count). The molecule has 1 unspecified atom stereocenters. The number of thiophene rings is 1. The molecule has 1 atom stereocenters. The molecule has 0 radical (unpaired) electrons. The van der Waals surface area contributed by atoms with E-state index in [0.717, 1.165) is 17.7 Å². The van der Waals surface area contributed by atoms with Gasteiger partial charge in [-0.05, 0) is 30.9 Å². The largest absolute Gasteiger partial charge is 0.481 e. The number of amides is 1. The molecule has 1 aromatic rings. The van der Waals surface area contributed by atoms with Gasteiger partial charge in [-0.3, -0.25) is 9.59 Å². The monoisotopic (exact) mass is 297 g/mol. The Kier molecular flexibility index (Phi) is 6.20. The molecule has 0 saturated carbocycles. The van der Waals surface area contributed by atoms with Crippen molar-refractivity contribution in [3.8, 4) is 0 Å². The minimum absolute atomic E-state index is 0.00600. The van der Waals surface area contributed by atoms with Crippen molar-refractivity contribution in [1.82, 2.24) is 5.32 Å². The lowest BCUT2D eigenvalue weighted by molar-refractivity contribution is -0.142. The van der Waals surface area contributed by atoms with E-state index in [9.17, 15) is 9.59 Å². The summed E-state index contributed by atoms with van der Waals surface area (Å²) in [4.78, 5) is 25.0. The molecule has 0 aliphatic rings. The average Bonchev–Trinajstić information content (AvgIpc) is 2.71. The summed E-state index contributed by atoms with van der Waals surface area (Å²) in [7, 11) is 0. The molecule has 1 amide bonds. The van der Waals surface area contributed by atoms with Crippen LogP contribution in [0.1, 0.15) is 47.3 Å². The molecule has 0 aromatic carbocycles. The Bertz CT molecular complexity index is 479. The van der Waals surface area contributed by atoms with Crippen molar-refractivity contribution in [3.05, 3.63) is 21.4 Å².